The van der Waals surface area contributed by atoms with E-state index < -0.39 is 29.1 Å². The van der Waals surface area contributed by atoms with Crippen molar-refractivity contribution in [3.8, 4) is 0 Å². The van der Waals surface area contributed by atoms with Gasteiger partial charge in [-0.25, -0.2) is 4.79 Å². The number of carboxylic acids is 1. The number of carbonyl (C=O) groups excluding carboxylic acids is 3. The van der Waals surface area contributed by atoms with Gasteiger partial charge in [-0.1, -0.05) is 55.2 Å². The summed E-state index contributed by atoms with van der Waals surface area (Å²) >= 11 is 6.28. The van der Waals surface area contributed by atoms with Gasteiger partial charge < -0.3 is 14.6 Å². The fourth-order valence-corrected chi connectivity index (χ4v) is 3.57. The summed E-state index contributed by atoms with van der Waals surface area (Å²) in [5.41, 5.74) is -0.766. The Morgan fingerprint density at radius 3 is 2.55 bits per heavy atom. The molecule has 33 heavy (non-hydrogen) atoms. The third-order valence-corrected chi connectivity index (χ3v) is 5.61. The van der Waals surface area contributed by atoms with Crippen LogP contribution >= 0.6 is 11.6 Å². The number of allylic oxidation sites excluding steroid dienone is 6. The van der Waals surface area contributed by atoms with Gasteiger partial charge in [-0.15, -0.1) is 0 Å². The second-order valence-corrected chi connectivity index (χ2v) is 8.61. The van der Waals surface area contributed by atoms with Crippen molar-refractivity contribution in [2.75, 3.05) is 0 Å². The van der Waals surface area contributed by atoms with E-state index in [1.165, 1.54) is 19.3 Å². The van der Waals surface area contributed by atoms with E-state index in [-0.39, 0.29) is 28.2 Å². The molecule has 0 aromatic heterocycles. The van der Waals surface area contributed by atoms with Gasteiger partial charge >= 0.3 is 11.9 Å². The van der Waals surface area contributed by atoms with E-state index >= 15 is 0 Å². The summed E-state index contributed by atoms with van der Waals surface area (Å²) < 4.78 is 10.7. The van der Waals surface area contributed by atoms with E-state index in [2.05, 4.69) is 19.9 Å². The van der Waals surface area contributed by atoms with Crippen LogP contribution in [0.25, 0.3) is 0 Å². The molecule has 2 unspecified atom stereocenters. The van der Waals surface area contributed by atoms with Gasteiger partial charge in [0.2, 0.25) is 17.2 Å². The zero-order chi connectivity index (χ0) is 24.9. The van der Waals surface area contributed by atoms with Gasteiger partial charge in [0, 0.05) is 11.6 Å². The van der Waals surface area contributed by atoms with Crippen molar-refractivity contribution < 1.29 is 33.8 Å². The van der Waals surface area contributed by atoms with Crippen LogP contribution in [0.5, 0.6) is 0 Å². The molecule has 176 valence electrons. The first-order chi connectivity index (χ1) is 15.4. The van der Waals surface area contributed by atoms with Gasteiger partial charge in [0.05, 0.1) is 17.0 Å². The molecule has 1 N–H and O–H groups in total. The minimum absolute atomic E-state index is 0.00477. The molecule has 2 aliphatic rings. The first kappa shape index (κ1) is 26.1. The van der Waals surface area contributed by atoms with Crippen LogP contribution in [0.1, 0.15) is 47.5 Å². The highest BCUT2D eigenvalue weighted by atomic mass is 35.5. The molecule has 0 aromatic carbocycles. The summed E-state index contributed by atoms with van der Waals surface area (Å²) in [4.78, 5) is 49.0. The Morgan fingerprint density at radius 2 is 1.94 bits per heavy atom. The van der Waals surface area contributed by atoms with Crippen LogP contribution in [0.15, 0.2) is 69.7 Å². The van der Waals surface area contributed by atoms with E-state index in [4.69, 9.17) is 26.2 Å². The Labute approximate surface area is 197 Å². The number of ether oxygens (including phenoxy) is 2. The van der Waals surface area contributed by atoms with Crippen LogP contribution in [0.3, 0.4) is 0 Å². The van der Waals surface area contributed by atoms with Crippen LogP contribution in [-0.2, 0) is 28.7 Å². The molecule has 2 atom stereocenters. The molecule has 0 saturated carbocycles. The molecule has 0 spiro atoms. The average Bonchev–Trinajstić information content (AvgIpc) is 2.74. The fraction of sp³-hybridized carbons (Fsp3) is 0.360. The lowest BCUT2D eigenvalue weighted by Crippen LogP contribution is -2.51. The number of ketones is 2. The van der Waals surface area contributed by atoms with Crippen molar-refractivity contribution in [2.24, 2.45) is 5.92 Å². The van der Waals surface area contributed by atoms with Crippen LogP contribution in [0, 0.1) is 5.92 Å². The number of hydrogen-bond donors (Lipinski definition) is 1. The number of halogens is 1. The molecule has 0 aromatic rings. The van der Waals surface area contributed by atoms with Gasteiger partial charge in [0.25, 0.3) is 0 Å². The number of aliphatic carboxylic acids is 1. The molecular formula is C25H27ClO7. The highest BCUT2D eigenvalue weighted by molar-refractivity contribution is 6.49. The standard InChI is InChI=1S/C25H27ClO7/c1-6-14(2)9-15(3)7-8-17-12-18-19(13-32-17)23(30)25(5,24(31)22(18)26)33-21(29)11-16(4)10-20(27)28/h7-9,11-14H,6,10H2,1-5H3,(H,27,28). The Hall–Kier alpha value is -3.19. The van der Waals surface area contributed by atoms with Crippen LogP contribution in [-0.4, -0.2) is 34.2 Å². The Kier molecular flexibility index (Phi) is 8.39. The summed E-state index contributed by atoms with van der Waals surface area (Å²) in [5.74, 6) is -2.99. The van der Waals surface area contributed by atoms with E-state index in [0.29, 0.717) is 11.7 Å². The lowest BCUT2D eigenvalue weighted by molar-refractivity contribution is -0.165. The number of carboxylic acid groups (broad SMARTS) is 1. The van der Waals surface area contributed by atoms with Crippen LogP contribution < -0.4 is 0 Å². The Morgan fingerprint density at radius 1 is 1.27 bits per heavy atom. The van der Waals surface area contributed by atoms with Crippen molar-refractivity contribution in [3.05, 3.63) is 69.7 Å². The monoisotopic (exact) mass is 474 g/mol. The average molecular weight is 475 g/mol. The molecule has 7 nitrogen and oxygen atoms in total. The topological polar surface area (TPSA) is 107 Å². The minimum atomic E-state index is -2.19. The summed E-state index contributed by atoms with van der Waals surface area (Å²) in [5, 5.41) is 8.54. The molecule has 1 heterocycles. The van der Waals surface area contributed by atoms with Gasteiger partial charge in [-0.05, 0) is 38.8 Å². The molecule has 2 rings (SSSR count). The fourth-order valence-electron chi connectivity index (χ4n) is 3.23. The smallest absolute Gasteiger partial charge is 0.332 e. The van der Waals surface area contributed by atoms with Crippen molar-refractivity contribution in [2.45, 2.75) is 53.1 Å². The molecule has 1 aliphatic carbocycles. The summed E-state index contributed by atoms with van der Waals surface area (Å²) in [7, 11) is 0. The van der Waals surface area contributed by atoms with Gasteiger partial charge in [0.15, 0.2) is 0 Å². The van der Waals surface area contributed by atoms with Crippen LogP contribution in [0.2, 0.25) is 0 Å². The normalized spacial score (nSPS) is 22.5. The van der Waals surface area contributed by atoms with E-state index in [1.54, 1.807) is 6.08 Å². The maximum atomic E-state index is 13.1. The van der Waals surface area contributed by atoms with Gasteiger partial charge in [0.1, 0.15) is 12.0 Å². The van der Waals surface area contributed by atoms with E-state index in [9.17, 15) is 19.2 Å². The summed E-state index contributed by atoms with van der Waals surface area (Å²) in [6.07, 6.45) is 9.90. The molecule has 0 bridgehead atoms. The maximum absolute atomic E-state index is 13.1. The third-order valence-electron chi connectivity index (χ3n) is 5.24. The van der Waals surface area contributed by atoms with Crippen LogP contribution in [0.4, 0.5) is 0 Å². The molecule has 0 saturated heterocycles. The second-order valence-electron chi connectivity index (χ2n) is 8.23. The zero-order valence-corrected chi connectivity index (χ0v) is 20.0. The molecule has 0 radical (unpaired) electrons. The van der Waals surface area contributed by atoms with Crippen molar-refractivity contribution in [1.29, 1.82) is 0 Å². The summed E-state index contributed by atoms with van der Waals surface area (Å²) in [6, 6.07) is 0. The molecule has 8 heteroatoms. The largest absolute Gasteiger partial charge is 0.481 e. The highest BCUT2D eigenvalue weighted by Crippen LogP contribution is 2.38. The number of carbonyl (C=O) groups is 4. The van der Waals surface area contributed by atoms with Crippen molar-refractivity contribution >= 4 is 35.1 Å². The SMILES string of the molecule is CCC(C)C=C(C)C=CC1=CC2=C(Cl)C(=O)C(C)(OC(=O)C=C(C)CC(=O)O)C(=O)C2=CO1. The lowest BCUT2D eigenvalue weighted by atomic mass is 9.80. The Balaban J connectivity index is 2.31. The van der Waals surface area contributed by atoms with E-state index in [1.807, 2.05) is 13.0 Å². The maximum Gasteiger partial charge on any atom is 0.332 e. The quantitative estimate of drug-likeness (QED) is 0.235. The number of Topliss-reactive ketones (excluding diaryl/α,β-unsaturated/α-hetero) is 2. The van der Waals surface area contributed by atoms with Gasteiger partial charge in [-0.2, -0.15) is 0 Å². The first-order valence-electron chi connectivity index (χ1n) is 10.5. The lowest BCUT2D eigenvalue weighted by Gasteiger charge is -2.32. The Bertz CT molecular complexity index is 1070. The van der Waals surface area contributed by atoms with E-state index in [0.717, 1.165) is 25.0 Å². The third kappa shape index (κ3) is 6.20. The second kappa shape index (κ2) is 10.6. The highest BCUT2D eigenvalue weighted by Gasteiger charge is 2.52. The molecule has 0 fully saturated rings. The zero-order valence-electron chi connectivity index (χ0n) is 19.2. The predicted molar refractivity (Wildman–Crippen MR) is 123 cm³/mol. The molecule has 1 aliphatic heterocycles. The predicted octanol–water partition coefficient (Wildman–Crippen LogP) is 4.70. The molecular weight excluding hydrogens is 448 g/mol. The van der Waals surface area contributed by atoms with Crippen molar-refractivity contribution in [1.82, 2.24) is 0 Å². The number of rotatable bonds is 8. The first-order valence-corrected chi connectivity index (χ1v) is 10.8. The number of esters is 1. The van der Waals surface area contributed by atoms with Gasteiger partial charge in [-0.3, -0.25) is 14.4 Å². The molecule has 0 amide bonds. The summed E-state index contributed by atoms with van der Waals surface area (Å²) in [6.45, 7) is 8.74. The number of hydrogen-bond acceptors (Lipinski definition) is 6. The minimum Gasteiger partial charge on any atom is -0.481 e. The van der Waals surface area contributed by atoms with Crippen molar-refractivity contribution in [3.63, 3.8) is 0 Å². The number of fused-ring (bicyclic) bond motifs is 1.